The van der Waals surface area contributed by atoms with Crippen LogP contribution in [0.1, 0.15) is 15.4 Å². The summed E-state index contributed by atoms with van der Waals surface area (Å²) >= 11 is 2.81. The molecular formula is C17H12N4OS2. The number of hydrogen-bond donors (Lipinski definition) is 1. The van der Waals surface area contributed by atoms with Gasteiger partial charge in [0.05, 0.1) is 10.4 Å². The summed E-state index contributed by atoms with van der Waals surface area (Å²) in [4.78, 5) is 21.8. The van der Waals surface area contributed by atoms with E-state index in [0.29, 0.717) is 4.88 Å². The molecule has 0 saturated carbocycles. The summed E-state index contributed by atoms with van der Waals surface area (Å²) in [5.74, 6) is -0.150. The van der Waals surface area contributed by atoms with Gasteiger partial charge in [-0.1, -0.05) is 0 Å². The molecule has 1 N–H and O–H groups in total. The first-order valence-electron chi connectivity index (χ1n) is 7.24. The van der Waals surface area contributed by atoms with Crippen LogP contribution in [0.15, 0.2) is 48.9 Å². The Kier molecular flexibility index (Phi) is 3.79. The topological polar surface area (TPSA) is 67.8 Å². The van der Waals surface area contributed by atoms with Gasteiger partial charge in [0.1, 0.15) is 9.88 Å². The zero-order chi connectivity index (χ0) is 16.5. The molecule has 0 fully saturated rings. The van der Waals surface area contributed by atoms with Crippen molar-refractivity contribution in [3.63, 3.8) is 0 Å². The molecule has 0 atom stereocenters. The second-order valence-corrected chi connectivity index (χ2v) is 7.04. The summed E-state index contributed by atoms with van der Waals surface area (Å²) in [6.07, 6.45) is 5.26. The number of carbonyl (C=O) groups is 1. The Balaban J connectivity index is 1.61. The molecule has 0 aliphatic carbocycles. The van der Waals surface area contributed by atoms with Crippen molar-refractivity contribution in [1.29, 1.82) is 0 Å². The van der Waals surface area contributed by atoms with E-state index < -0.39 is 0 Å². The summed E-state index contributed by atoms with van der Waals surface area (Å²) in [7, 11) is 0. The van der Waals surface area contributed by atoms with E-state index >= 15 is 0 Å². The van der Waals surface area contributed by atoms with E-state index in [1.54, 1.807) is 18.6 Å². The van der Waals surface area contributed by atoms with Gasteiger partial charge in [-0.2, -0.15) is 4.37 Å². The van der Waals surface area contributed by atoms with E-state index in [-0.39, 0.29) is 5.91 Å². The number of aromatic nitrogens is 3. The van der Waals surface area contributed by atoms with E-state index in [1.165, 1.54) is 22.9 Å². The predicted octanol–water partition coefficient (Wildman–Crippen LogP) is 4.38. The second kappa shape index (κ2) is 6.10. The van der Waals surface area contributed by atoms with Gasteiger partial charge in [-0.05, 0) is 48.8 Å². The van der Waals surface area contributed by atoms with Crippen LogP contribution in [-0.2, 0) is 0 Å². The highest BCUT2D eigenvalue weighted by Crippen LogP contribution is 2.28. The third-order valence-electron chi connectivity index (χ3n) is 3.52. The van der Waals surface area contributed by atoms with Gasteiger partial charge in [-0.15, -0.1) is 11.3 Å². The third-order valence-corrected chi connectivity index (χ3v) is 5.51. The molecule has 1 amide bonds. The third kappa shape index (κ3) is 2.79. The van der Waals surface area contributed by atoms with Gasteiger partial charge in [0.25, 0.3) is 5.91 Å². The van der Waals surface area contributed by atoms with Gasteiger partial charge < -0.3 is 5.32 Å². The highest BCUT2D eigenvalue weighted by molar-refractivity contribution is 7.17. The quantitative estimate of drug-likeness (QED) is 0.594. The molecule has 5 nitrogen and oxygen atoms in total. The molecule has 0 aliphatic heterocycles. The van der Waals surface area contributed by atoms with Crippen LogP contribution >= 0.6 is 22.9 Å². The molecule has 0 radical (unpaired) electrons. The lowest BCUT2D eigenvalue weighted by Crippen LogP contribution is -2.11. The fraction of sp³-hybridized carbons (Fsp3) is 0.0588. The number of amides is 1. The van der Waals surface area contributed by atoms with Gasteiger partial charge in [-0.25, -0.2) is 4.98 Å². The second-order valence-electron chi connectivity index (χ2n) is 5.21. The molecule has 7 heteroatoms. The lowest BCUT2D eigenvalue weighted by Gasteiger charge is -2.03. The van der Waals surface area contributed by atoms with E-state index in [0.717, 1.165) is 32.0 Å². The molecule has 4 aromatic rings. The predicted molar refractivity (Wildman–Crippen MR) is 97.7 cm³/mol. The van der Waals surface area contributed by atoms with Crippen LogP contribution < -0.4 is 5.32 Å². The monoisotopic (exact) mass is 352 g/mol. The number of hydrogen-bond acceptors (Lipinski definition) is 6. The number of anilines is 1. The molecule has 3 heterocycles. The van der Waals surface area contributed by atoms with Crippen LogP contribution in [0.25, 0.3) is 20.7 Å². The molecule has 24 heavy (non-hydrogen) atoms. The Bertz CT molecular complexity index is 1020. The Hall–Kier alpha value is -2.64. The zero-order valence-corrected chi connectivity index (χ0v) is 14.3. The van der Waals surface area contributed by atoms with E-state index in [4.69, 9.17) is 0 Å². The number of fused-ring (bicyclic) bond motifs is 1. The van der Waals surface area contributed by atoms with Crippen LogP contribution in [-0.4, -0.2) is 20.2 Å². The molecule has 0 unspecified atom stereocenters. The van der Waals surface area contributed by atoms with E-state index in [1.807, 2.05) is 37.3 Å². The molecule has 0 spiro atoms. The number of benzene rings is 1. The van der Waals surface area contributed by atoms with Crippen molar-refractivity contribution in [3.8, 4) is 10.6 Å². The molecule has 0 saturated heterocycles. The molecule has 118 valence electrons. The van der Waals surface area contributed by atoms with Gasteiger partial charge in [0, 0.05) is 35.2 Å². The summed E-state index contributed by atoms with van der Waals surface area (Å²) < 4.78 is 5.24. The minimum absolute atomic E-state index is 0.150. The van der Waals surface area contributed by atoms with Crippen molar-refractivity contribution < 1.29 is 4.79 Å². The number of nitrogens with one attached hydrogen (secondary N) is 1. The fourth-order valence-electron chi connectivity index (χ4n) is 2.36. The van der Waals surface area contributed by atoms with E-state index in [9.17, 15) is 4.79 Å². The lowest BCUT2D eigenvalue weighted by molar-refractivity contribution is 0.103. The van der Waals surface area contributed by atoms with Crippen LogP contribution in [0.3, 0.4) is 0 Å². The Morgan fingerprint density at radius 1 is 1.21 bits per heavy atom. The standard InChI is InChI=1S/C17H12N4OS2/c1-10-15(23-17(20-10)11-3-2-6-18-8-11)16(22)21-13-4-5-14-12(7-13)9-19-24-14/h2-9H,1H3,(H,21,22). The first-order chi connectivity index (χ1) is 11.7. The van der Waals surface area contributed by atoms with Gasteiger partial charge in [0.2, 0.25) is 0 Å². The van der Waals surface area contributed by atoms with Crippen LogP contribution in [0, 0.1) is 6.92 Å². The normalized spacial score (nSPS) is 10.9. The van der Waals surface area contributed by atoms with Crippen LogP contribution in [0.4, 0.5) is 5.69 Å². The number of carbonyl (C=O) groups excluding carboxylic acids is 1. The highest BCUT2D eigenvalue weighted by atomic mass is 32.1. The van der Waals surface area contributed by atoms with Crippen LogP contribution in [0.2, 0.25) is 0 Å². The average molecular weight is 352 g/mol. The molecule has 4 rings (SSSR count). The first-order valence-corrected chi connectivity index (χ1v) is 8.83. The summed E-state index contributed by atoms with van der Waals surface area (Å²) in [5.41, 5.74) is 2.38. The SMILES string of the molecule is Cc1nc(-c2cccnc2)sc1C(=O)Nc1ccc2sncc2c1. The Labute approximate surface area is 146 Å². The fourth-order valence-corrected chi connectivity index (χ4v) is 3.94. The van der Waals surface area contributed by atoms with Gasteiger partial charge in [-0.3, -0.25) is 9.78 Å². The highest BCUT2D eigenvalue weighted by Gasteiger charge is 2.16. The number of aryl methyl sites for hydroxylation is 1. The van der Waals surface area contributed by atoms with E-state index in [2.05, 4.69) is 19.7 Å². The lowest BCUT2D eigenvalue weighted by atomic mass is 10.2. The van der Waals surface area contributed by atoms with Crippen molar-refractivity contribution in [2.24, 2.45) is 0 Å². The summed E-state index contributed by atoms with van der Waals surface area (Å²) in [5, 5.41) is 4.76. The average Bonchev–Trinajstić information content (AvgIpc) is 3.21. The molecule has 0 aliphatic rings. The van der Waals surface area contributed by atoms with Crippen molar-refractivity contribution in [3.05, 3.63) is 59.5 Å². The number of thiazole rings is 1. The van der Waals surface area contributed by atoms with Gasteiger partial charge in [0.15, 0.2) is 0 Å². The van der Waals surface area contributed by atoms with Crippen LogP contribution in [0.5, 0.6) is 0 Å². The van der Waals surface area contributed by atoms with Crippen molar-refractivity contribution >= 4 is 44.5 Å². The number of pyridine rings is 1. The Morgan fingerprint density at radius 3 is 2.96 bits per heavy atom. The molecule has 1 aromatic carbocycles. The van der Waals surface area contributed by atoms with Crippen molar-refractivity contribution in [2.75, 3.05) is 5.32 Å². The zero-order valence-electron chi connectivity index (χ0n) is 12.7. The van der Waals surface area contributed by atoms with Crippen molar-refractivity contribution in [1.82, 2.24) is 14.3 Å². The summed E-state index contributed by atoms with van der Waals surface area (Å²) in [6, 6.07) is 9.57. The first kappa shape index (κ1) is 14.9. The van der Waals surface area contributed by atoms with Crippen molar-refractivity contribution in [2.45, 2.75) is 6.92 Å². The molecule has 0 bridgehead atoms. The minimum atomic E-state index is -0.150. The summed E-state index contributed by atoms with van der Waals surface area (Å²) in [6.45, 7) is 1.84. The largest absolute Gasteiger partial charge is 0.321 e. The smallest absolute Gasteiger partial charge is 0.267 e. The minimum Gasteiger partial charge on any atom is -0.321 e. The maximum Gasteiger partial charge on any atom is 0.267 e. The van der Waals surface area contributed by atoms with Gasteiger partial charge >= 0.3 is 0 Å². The molecule has 3 aromatic heterocycles. The number of rotatable bonds is 3. The molecular weight excluding hydrogens is 340 g/mol. The Morgan fingerprint density at radius 2 is 2.12 bits per heavy atom. The maximum atomic E-state index is 12.6. The number of nitrogens with zero attached hydrogens (tertiary/aromatic N) is 3. The maximum absolute atomic E-state index is 12.6.